The van der Waals surface area contributed by atoms with Crippen LogP contribution in [0.25, 0.3) is 122 Å². The van der Waals surface area contributed by atoms with E-state index in [-0.39, 0.29) is 0 Å². The number of hydrogen-bond donors (Lipinski definition) is 0. The predicted octanol–water partition coefficient (Wildman–Crippen LogP) is 13.2. The molecule has 0 aliphatic rings. The van der Waals surface area contributed by atoms with Crippen LogP contribution in [0.15, 0.2) is 185 Å². The van der Waals surface area contributed by atoms with Gasteiger partial charge in [-0.2, -0.15) is 9.97 Å². The number of fused-ring (bicyclic) bond motifs is 12. The first-order chi connectivity index (χ1) is 28.8. The number of hydrogen-bond acceptors (Lipinski definition) is 5. The third-order valence-corrected chi connectivity index (χ3v) is 11.6. The van der Waals surface area contributed by atoms with Crippen molar-refractivity contribution in [3.63, 3.8) is 0 Å². The van der Waals surface area contributed by atoms with Crippen molar-refractivity contribution in [2.45, 2.75) is 0 Å². The normalized spacial score (nSPS) is 12.1. The third-order valence-electron chi connectivity index (χ3n) is 11.6. The van der Waals surface area contributed by atoms with Crippen LogP contribution in [-0.2, 0) is 0 Å². The SMILES string of the molecule is c1ccc2c(c1)oc1cc(-c3nc(-c4cccc5oc6c(-n7c8ccccc8c8ccccc87)cccc6c45)nc(-n4c5ccccc5c5ccccc54)n3)ccc12. The van der Waals surface area contributed by atoms with Crippen molar-refractivity contribution >= 4 is 87.5 Å². The minimum Gasteiger partial charge on any atom is -0.456 e. The van der Waals surface area contributed by atoms with E-state index >= 15 is 0 Å². The lowest BCUT2D eigenvalue weighted by Gasteiger charge is -2.11. The summed E-state index contributed by atoms with van der Waals surface area (Å²) >= 11 is 0. The average Bonchev–Trinajstić information content (AvgIpc) is 4.04. The predicted molar refractivity (Wildman–Crippen MR) is 234 cm³/mol. The van der Waals surface area contributed by atoms with E-state index in [9.17, 15) is 0 Å². The second-order valence-electron chi connectivity index (χ2n) is 14.8. The van der Waals surface area contributed by atoms with Crippen LogP contribution in [0.4, 0.5) is 0 Å². The van der Waals surface area contributed by atoms with Crippen molar-refractivity contribution in [2.24, 2.45) is 0 Å². The van der Waals surface area contributed by atoms with Gasteiger partial charge in [-0.1, -0.05) is 121 Å². The van der Waals surface area contributed by atoms with E-state index in [0.717, 1.165) is 93.5 Å². The highest BCUT2D eigenvalue weighted by Gasteiger charge is 2.23. The van der Waals surface area contributed by atoms with Gasteiger partial charge in [-0.05, 0) is 54.6 Å². The molecule has 0 saturated carbocycles. The second kappa shape index (κ2) is 11.7. The van der Waals surface area contributed by atoms with Crippen molar-refractivity contribution < 1.29 is 8.83 Å². The van der Waals surface area contributed by atoms with Crippen molar-refractivity contribution in [2.75, 3.05) is 0 Å². The van der Waals surface area contributed by atoms with E-state index in [0.29, 0.717) is 17.6 Å². The van der Waals surface area contributed by atoms with Gasteiger partial charge in [0.05, 0.1) is 27.8 Å². The van der Waals surface area contributed by atoms with Gasteiger partial charge in [0, 0.05) is 54.2 Å². The quantitative estimate of drug-likeness (QED) is 0.179. The molecule has 0 bridgehead atoms. The number of furan rings is 2. The molecule has 13 rings (SSSR count). The summed E-state index contributed by atoms with van der Waals surface area (Å²) < 4.78 is 17.7. The molecule has 0 atom stereocenters. The van der Waals surface area contributed by atoms with E-state index in [1.807, 2.05) is 36.4 Å². The van der Waals surface area contributed by atoms with Gasteiger partial charge in [0.2, 0.25) is 5.95 Å². The number of rotatable bonds is 4. The maximum atomic E-state index is 6.87. The van der Waals surface area contributed by atoms with E-state index < -0.39 is 0 Å². The average molecular weight is 744 g/mol. The zero-order chi connectivity index (χ0) is 37.9. The fraction of sp³-hybridized carbons (Fsp3) is 0. The number of para-hydroxylation sites is 6. The van der Waals surface area contributed by atoms with Gasteiger partial charge < -0.3 is 13.4 Å². The molecule has 0 saturated heterocycles. The zero-order valence-corrected chi connectivity index (χ0v) is 30.8. The molecule has 0 N–H and O–H groups in total. The van der Waals surface area contributed by atoms with E-state index in [1.165, 1.54) is 10.8 Å². The molecule has 5 aromatic heterocycles. The molecule has 5 heterocycles. The van der Waals surface area contributed by atoms with Gasteiger partial charge in [0.25, 0.3) is 0 Å². The van der Waals surface area contributed by atoms with E-state index in [2.05, 4.69) is 149 Å². The van der Waals surface area contributed by atoms with Crippen molar-refractivity contribution in [3.05, 3.63) is 176 Å². The Balaban J connectivity index is 1.09. The number of nitrogens with zero attached hydrogens (tertiary/aromatic N) is 5. The summed E-state index contributed by atoms with van der Waals surface area (Å²) in [5.74, 6) is 1.61. The largest absolute Gasteiger partial charge is 0.456 e. The Morgan fingerprint density at radius 1 is 0.362 bits per heavy atom. The molecule has 13 aromatic rings. The monoisotopic (exact) mass is 743 g/mol. The summed E-state index contributed by atoms with van der Waals surface area (Å²) in [5, 5.41) is 8.70. The van der Waals surface area contributed by atoms with Gasteiger partial charge in [0.15, 0.2) is 17.2 Å². The first kappa shape index (κ1) is 31.2. The summed E-state index contributed by atoms with van der Waals surface area (Å²) in [6, 6.07) is 60.7. The molecular weight excluding hydrogens is 715 g/mol. The highest BCUT2D eigenvalue weighted by molar-refractivity contribution is 6.16. The third kappa shape index (κ3) is 4.35. The molecule has 8 aromatic carbocycles. The standard InChI is InChI=1S/C51H29N5O2/c1-6-20-39-31(13-1)32-14-2-7-21-40(32)55(39)43-24-11-18-37-47-38(19-12-26-45(47)58-48(37)43)50-52-49(30-27-28-36-35-17-5-10-25-44(35)57-46(36)29-30)53-51(54-50)56-41-22-8-3-15-33(41)34-16-4-9-23-42(34)56/h1-29H. The fourth-order valence-electron chi connectivity index (χ4n) is 9.09. The molecule has 58 heavy (non-hydrogen) atoms. The maximum Gasteiger partial charge on any atom is 0.238 e. The highest BCUT2D eigenvalue weighted by Crippen LogP contribution is 2.42. The first-order valence-corrected chi connectivity index (χ1v) is 19.4. The lowest BCUT2D eigenvalue weighted by Crippen LogP contribution is -2.06. The van der Waals surface area contributed by atoms with Crippen LogP contribution in [0, 0.1) is 0 Å². The molecule has 0 aliphatic heterocycles. The van der Waals surface area contributed by atoms with Crippen LogP contribution < -0.4 is 0 Å². The van der Waals surface area contributed by atoms with Crippen LogP contribution in [0.2, 0.25) is 0 Å². The number of aromatic nitrogens is 5. The lowest BCUT2D eigenvalue weighted by atomic mass is 10.0. The summed E-state index contributed by atoms with van der Waals surface area (Å²) in [5.41, 5.74) is 10.1. The summed E-state index contributed by atoms with van der Waals surface area (Å²) in [4.78, 5) is 15.8. The van der Waals surface area contributed by atoms with Gasteiger partial charge in [-0.3, -0.25) is 4.57 Å². The number of benzene rings is 8. The summed E-state index contributed by atoms with van der Waals surface area (Å²) in [7, 11) is 0. The minimum atomic E-state index is 0.526. The molecule has 0 amide bonds. The Hall–Kier alpha value is -8.03. The van der Waals surface area contributed by atoms with Crippen molar-refractivity contribution in [1.82, 2.24) is 24.1 Å². The first-order valence-electron chi connectivity index (χ1n) is 19.4. The van der Waals surface area contributed by atoms with Crippen molar-refractivity contribution in [3.8, 4) is 34.4 Å². The molecule has 7 nitrogen and oxygen atoms in total. The summed E-state index contributed by atoms with van der Waals surface area (Å²) in [6.07, 6.45) is 0. The summed E-state index contributed by atoms with van der Waals surface area (Å²) in [6.45, 7) is 0. The van der Waals surface area contributed by atoms with Crippen LogP contribution in [0.1, 0.15) is 0 Å². The Morgan fingerprint density at radius 3 is 1.59 bits per heavy atom. The zero-order valence-electron chi connectivity index (χ0n) is 30.8. The Kier molecular flexibility index (Phi) is 6.32. The molecule has 0 radical (unpaired) electrons. The molecule has 0 spiro atoms. The molecule has 0 unspecified atom stereocenters. The topological polar surface area (TPSA) is 74.8 Å². The van der Waals surface area contributed by atoms with Gasteiger partial charge >= 0.3 is 0 Å². The van der Waals surface area contributed by atoms with Crippen LogP contribution in [0.3, 0.4) is 0 Å². The van der Waals surface area contributed by atoms with Gasteiger partial charge in [-0.15, -0.1) is 0 Å². The fourth-order valence-corrected chi connectivity index (χ4v) is 9.09. The van der Waals surface area contributed by atoms with Crippen LogP contribution >= 0.6 is 0 Å². The second-order valence-corrected chi connectivity index (χ2v) is 14.8. The molecule has 7 heteroatoms. The smallest absolute Gasteiger partial charge is 0.238 e. The van der Waals surface area contributed by atoms with Crippen LogP contribution in [0.5, 0.6) is 0 Å². The van der Waals surface area contributed by atoms with Gasteiger partial charge in [-0.25, -0.2) is 4.98 Å². The van der Waals surface area contributed by atoms with Crippen molar-refractivity contribution in [1.29, 1.82) is 0 Å². The molecular formula is C51H29N5O2. The molecule has 270 valence electrons. The van der Waals surface area contributed by atoms with Crippen LogP contribution in [-0.4, -0.2) is 24.1 Å². The van der Waals surface area contributed by atoms with E-state index in [1.54, 1.807) is 0 Å². The Morgan fingerprint density at radius 2 is 0.897 bits per heavy atom. The van der Waals surface area contributed by atoms with E-state index in [4.69, 9.17) is 23.8 Å². The molecule has 0 aliphatic carbocycles. The Bertz CT molecular complexity index is 3720. The molecule has 0 fully saturated rings. The maximum absolute atomic E-state index is 6.87. The van der Waals surface area contributed by atoms with Gasteiger partial charge in [0.1, 0.15) is 16.7 Å². The minimum absolute atomic E-state index is 0.526. The Labute approximate surface area is 329 Å². The lowest BCUT2D eigenvalue weighted by molar-refractivity contribution is 0.666. The highest BCUT2D eigenvalue weighted by atomic mass is 16.3.